The van der Waals surface area contributed by atoms with Crippen LogP contribution in [0, 0.1) is 4.77 Å². The van der Waals surface area contributed by atoms with Crippen LogP contribution in [0.3, 0.4) is 0 Å². The van der Waals surface area contributed by atoms with Crippen LogP contribution in [0.5, 0.6) is 11.5 Å². The van der Waals surface area contributed by atoms with Gasteiger partial charge in [-0.2, -0.15) is 0 Å². The van der Waals surface area contributed by atoms with Crippen LogP contribution in [0.15, 0.2) is 41.2 Å². The molecular weight excluding hydrogens is 440 g/mol. The molecule has 172 valence electrons. The third-order valence-electron chi connectivity index (χ3n) is 6.61. The van der Waals surface area contributed by atoms with Crippen LogP contribution < -0.4 is 25.2 Å². The molecule has 1 amide bonds. The van der Waals surface area contributed by atoms with Gasteiger partial charge < -0.3 is 24.7 Å². The summed E-state index contributed by atoms with van der Waals surface area (Å²) in [5.74, 6) is 1.22. The Morgan fingerprint density at radius 1 is 1.24 bits per heavy atom. The van der Waals surface area contributed by atoms with E-state index in [4.69, 9.17) is 21.7 Å². The summed E-state index contributed by atoms with van der Waals surface area (Å²) in [5, 5.41) is 3.54. The van der Waals surface area contributed by atoms with Gasteiger partial charge in [0.25, 0.3) is 11.5 Å². The Bertz CT molecular complexity index is 1330. The van der Waals surface area contributed by atoms with Crippen molar-refractivity contribution in [1.29, 1.82) is 0 Å². The second-order valence-electron chi connectivity index (χ2n) is 8.58. The van der Waals surface area contributed by atoms with E-state index in [-0.39, 0.29) is 18.3 Å². The highest BCUT2D eigenvalue weighted by Gasteiger charge is 2.27. The lowest BCUT2D eigenvalue weighted by Gasteiger charge is -2.20. The van der Waals surface area contributed by atoms with E-state index in [9.17, 15) is 9.59 Å². The topological polar surface area (TPSA) is 89.8 Å². The van der Waals surface area contributed by atoms with Crippen LogP contribution in [-0.2, 0) is 6.54 Å². The molecule has 0 saturated carbocycles. The van der Waals surface area contributed by atoms with E-state index in [0.717, 1.165) is 18.5 Å². The molecular formula is C24H27N4O4S+. The highest BCUT2D eigenvalue weighted by atomic mass is 32.1. The molecule has 9 heteroatoms. The number of aromatic nitrogens is 2. The van der Waals surface area contributed by atoms with Gasteiger partial charge in [-0.15, -0.1) is 0 Å². The van der Waals surface area contributed by atoms with E-state index in [1.807, 2.05) is 18.2 Å². The van der Waals surface area contributed by atoms with Crippen LogP contribution in [0.4, 0.5) is 0 Å². The number of hydrogen-bond acceptors (Lipinski definition) is 5. The lowest BCUT2D eigenvalue weighted by atomic mass is 10.1. The number of hydrogen-bond donors (Lipinski definition) is 3. The summed E-state index contributed by atoms with van der Waals surface area (Å²) in [6.45, 7) is 5.59. The minimum atomic E-state index is -0.202. The predicted octanol–water partition coefficient (Wildman–Crippen LogP) is 1.63. The fourth-order valence-corrected chi connectivity index (χ4v) is 5.03. The van der Waals surface area contributed by atoms with Crippen molar-refractivity contribution in [2.75, 3.05) is 26.4 Å². The molecule has 3 aromatic rings. The normalized spacial score (nSPS) is 19.2. The number of likely N-dealkylation sites (tertiary alicyclic amines) is 1. The van der Waals surface area contributed by atoms with E-state index >= 15 is 0 Å². The molecule has 2 aliphatic heterocycles. The molecule has 5 rings (SSSR count). The van der Waals surface area contributed by atoms with Crippen molar-refractivity contribution in [2.45, 2.75) is 32.4 Å². The summed E-state index contributed by atoms with van der Waals surface area (Å²) in [4.78, 5) is 30.6. The zero-order chi connectivity index (χ0) is 22.9. The van der Waals surface area contributed by atoms with Crippen molar-refractivity contribution in [3.63, 3.8) is 0 Å². The first-order chi connectivity index (χ1) is 16.0. The van der Waals surface area contributed by atoms with E-state index < -0.39 is 0 Å². The lowest BCUT2D eigenvalue weighted by molar-refractivity contribution is -0.909. The van der Waals surface area contributed by atoms with Crippen molar-refractivity contribution < 1.29 is 19.2 Å². The van der Waals surface area contributed by atoms with Crippen molar-refractivity contribution in [2.24, 2.45) is 0 Å². The number of ether oxygens (including phenoxy) is 2. The predicted molar refractivity (Wildman–Crippen MR) is 127 cm³/mol. The Hall–Kier alpha value is -3.17. The van der Waals surface area contributed by atoms with Gasteiger partial charge in [0.1, 0.15) is 6.04 Å². The Balaban J connectivity index is 1.36. The molecule has 2 aliphatic rings. The quantitative estimate of drug-likeness (QED) is 0.480. The number of carbonyl (C=O) groups is 1. The average molecular weight is 468 g/mol. The maximum absolute atomic E-state index is 13.2. The molecule has 1 fully saturated rings. The number of aromatic amines is 1. The monoisotopic (exact) mass is 467 g/mol. The molecule has 2 aromatic carbocycles. The van der Waals surface area contributed by atoms with Crippen LogP contribution in [0.25, 0.3) is 10.9 Å². The molecule has 3 N–H and O–H groups in total. The van der Waals surface area contributed by atoms with Gasteiger partial charge in [-0.25, -0.2) is 0 Å². The molecule has 0 bridgehead atoms. The third kappa shape index (κ3) is 4.26. The molecule has 2 unspecified atom stereocenters. The number of benzene rings is 2. The Labute approximate surface area is 196 Å². The average Bonchev–Trinajstić information content (AvgIpc) is 3.48. The maximum Gasteiger partial charge on any atom is 0.262 e. The summed E-state index contributed by atoms with van der Waals surface area (Å²) < 4.78 is 12.6. The number of nitrogens with one attached hydrogen (secondary N) is 3. The van der Waals surface area contributed by atoms with Gasteiger partial charge in [0.2, 0.25) is 6.79 Å². The van der Waals surface area contributed by atoms with E-state index in [0.29, 0.717) is 51.9 Å². The minimum Gasteiger partial charge on any atom is -0.454 e. The van der Waals surface area contributed by atoms with E-state index in [2.05, 4.69) is 17.2 Å². The van der Waals surface area contributed by atoms with Crippen molar-refractivity contribution in [3.05, 3.63) is 62.6 Å². The first-order valence-corrected chi connectivity index (χ1v) is 11.7. The number of H-pyrrole nitrogens is 1. The number of amides is 1. The molecule has 3 heterocycles. The standard InChI is InChI=1S/C24H26N4O4S/c1-2-27-9-3-4-17(27)12-25-22(29)16-6-7-18-19(11-16)26-24(33)28(23(18)30)13-15-5-8-20-21(10-15)32-14-31-20/h5-8,10-11,17H,2-4,9,12-14H2,1H3,(H,25,29)(H,26,33)/p+1. The molecule has 1 saturated heterocycles. The highest BCUT2D eigenvalue weighted by Crippen LogP contribution is 2.32. The Morgan fingerprint density at radius 3 is 2.94 bits per heavy atom. The van der Waals surface area contributed by atoms with E-state index in [1.54, 1.807) is 23.1 Å². The molecule has 2 atom stereocenters. The highest BCUT2D eigenvalue weighted by molar-refractivity contribution is 7.71. The molecule has 0 aliphatic carbocycles. The minimum absolute atomic E-state index is 0.136. The van der Waals surface area contributed by atoms with Crippen LogP contribution in [0.2, 0.25) is 0 Å². The number of nitrogens with zero attached hydrogens (tertiary/aromatic N) is 1. The molecule has 0 spiro atoms. The summed E-state index contributed by atoms with van der Waals surface area (Å²) in [7, 11) is 0. The number of likely N-dealkylation sites (N-methyl/N-ethyl adjacent to an activating group) is 1. The van der Waals surface area contributed by atoms with Gasteiger partial charge in [0.05, 0.1) is 37.1 Å². The van der Waals surface area contributed by atoms with Gasteiger partial charge in [0.15, 0.2) is 16.3 Å². The fraction of sp³-hybridized carbons (Fsp3) is 0.375. The van der Waals surface area contributed by atoms with Crippen LogP contribution >= 0.6 is 12.2 Å². The lowest BCUT2D eigenvalue weighted by Crippen LogP contribution is -3.14. The van der Waals surface area contributed by atoms with Crippen molar-refractivity contribution >= 4 is 29.0 Å². The second-order valence-corrected chi connectivity index (χ2v) is 8.97. The summed E-state index contributed by atoms with van der Waals surface area (Å²) in [5.41, 5.74) is 1.75. The third-order valence-corrected chi connectivity index (χ3v) is 6.94. The van der Waals surface area contributed by atoms with Gasteiger partial charge in [-0.3, -0.25) is 14.2 Å². The fourth-order valence-electron chi connectivity index (χ4n) is 4.77. The SMILES string of the molecule is CC[NH+]1CCCC1CNC(=O)c1ccc2c(=O)n(Cc3ccc4c(c3)OCO4)c(=S)[nH]c2c1. The largest absolute Gasteiger partial charge is 0.454 e. The maximum atomic E-state index is 13.2. The first-order valence-electron chi connectivity index (χ1n) is 11.3. The van der Waals surface area contributed by atoms with E-state index in [1.165, 1.54) is 17.5 Å². The summed E-state index contributed by atoms with van der Waals surface area (Å²) in [6, 6.07) is 11.1. The van der Waals surface area contributed by atoms with Crippen molar-refractivity contribution in [3.8, 4) is 11.5 Å². The van der Waals surface area contributed by atoms with Crippen LogP contribution in [0.1, 0.15) is 35.7 Å². The Kier molecular flexibility index (Phi) is 5.90. The first kappa shape index (κ1) is 21.7. The number of rotatable bonds is 6. The number of fused-ring (bicyclic) bond motifs is 2. The second kappa shape index (κ2) is 8.99. The van der Waals surface area contributed by atoms with Gasteiger partial charge in [-0.1, -0.05) is 6.07 Å². The molecule has 33 heavy (non-hydrogen) atoms. The summed E-state index contributed by atoms with van der Waals surface area (Å²) in [6.07, 6.45) is 2.34. The number of quaternary nitrogens is 1. The summed E-state index contributed by atoms with van der Waals surface area (Å²) >= 11 is 5.47. The van der Waals surface area contributed by atoms with Gasteiger partial charge in [-0.05, 0) is 55.0 Å². The molecule has 1 aromatic heterocycles. The zero-order valence-electron chi connectivity index (χ0n) is 18.5. The Morgan fingerprint density at radius 2 is 2.09 bits per heavy atom. The smallest absolute Gasteiger partial charge is 0.262 e. The van der Waals surface area contributed by atoms with Gasteiger partial charge >= 0.3 is 0 Å². The molecule has 8 nitrogen and oxygen atoms in total. The van der Waals surface area contributed by atoms with Crippen LogP contribution in [-0.4, -0.2) is 47.9 Å². The number of carbonyl (C=O) groups excluding carboxylic acids is 1. The van der Waals surface area contributed by atoms with Gasteiger partial charge in [0, 0.05) is 18.4 Å². The zero-order valence-corrected chi connectivity index (χ0v) is 19.3. The van der Waals surface area contributed by atoms with Crippen molar-refractivity contribution in [1.82, 2.24) is 14.9 Å². The molecule has 0 radical (unpaired) electrons.